The standard InChI is InChI=1S/C7H16O.C6H14O.2C5H12O.2C4H10O.C3H8O/c1-3-4-5-6-7-8-2;1-3-4-5-6-7-2;1-5(2)4-6-3;1-3-4-5-6-2;1-4(2)5-3;1-3-4-5-2;1-3-4-2/h3-7H2,1-2H3;3-6H2,1-2H3;5H,4H2,1-3H3;3-5H2,1-2H3;4H,1-3H3;3-4H2,1-2H3;3H2,1-2H3. The SMILES string of the molecule is CCCCCCOC.CCCCCOC.CCCCOC.CCCOC.CCOC.COC(C)C.COCC(C)C. The van der Waals surface area contributed by atoms with E-state index in [0.717, 1.165) is 46.1 Å². The van der Waals surface area contributed by atoms with Crippen LogP contribution in [0.5, 0.6) is 0 Å². The van der Waals surface area contributed by atoms with E-state index in [1.807, 2.05) is 20.8 Å². The van der Waals surface area contributed by atoms with E-state index in [0.29, 0.717) is 12.0 Å². The first-order chi connectivity index (χ1) is 19.6. The van der Waals surface area contributed by atoms with Crippen molar-refractivity contribution in [3.8, 4) is 0 Å². The Morgan fingerprint density at radius 1 is 0.390 bits per heavy atom. The van der Waals surface area contributed by atoms with E-state index < -0.39 is 0 Å². The van der Waals surface area contributed by atoms with Crippen molar-refractivity contribution in [2.45, 2.75) is 133 Å². The second-order valence-electron chi connectivity index (χ2n) is 9.80. The van der Waals surface area contributed by atoms with Crippen molar-refractivity contribution in [2.75, 3.05) is 89.4 Å². The van der Waals surface area contributed by atoms with Gasteiger partial charge in [0.1, 0.15) is 0 Å². The van der Waals surface area contributed by atoms with Crippen molar-refractivity contribution in [3.63, 3.8) is 0 Å². The Labute approximate surface area is 261 Å². The topological polar surface area (TPSA) is 64.6 Å². The first-order valence-electron chi connectivity index (χ1n) is 16.1. The zero-order chi connectivity index (χ0) is 33.4. The summed E-state index contributed by atoms with van der Waals surface area (Å²) in [4.78, 5) is 0. The Hall–Kier alpha value is -0.280. The minimum Gasteiger partial charge on any atom is -0.385 e. The van der Waals surface area contributed by atoms with Crippen LogP contribution in [0.1, 0.15) is 127 Å². The maximum atomic E-state index is 4.89. The molecule has 0 aromatic rings. The molecule has 0 aliphatic rings. The van der Waals surface area contributed by atoms with Gasteiger partial charge in [-0.25, -0.2) is 0 Å². The van der Waals surface area contributed by atoms with Crippen molar-refractivity contribution in [2.24, 2.45) is 5.92 Å². The van der Waals surface area contributed by atoms with Crippen molar-refractivity contribution in [3.05, 3.63) is 0 Å². The Morgan fingerprint density at radius 3 is 0.902 bits per heavy atom. The fraction of sp³-hybridized carbons (Fsp3) is 1.00. The fourth-order valence-electron chi connectivity index (χ4n) is 2.00. The molecule has 0 atom stereocenters. The molecule has 0 spiro atoms. The van der Waals surface area contributed by atoms with Gasteiger partial charge in [-0.2, -0.15) is 0 Å². The lowest BCUT2D eigenvalue weighted by molar-refractivity contribution is 0.134. The Morgan fingerprint density at radius 2 is 0.732 bits per heavy atom. The molecule has 0 unspecified atom stereocenters. The lowest BCUT2D eigenvalue weighted by Crippen LogP contribution is -1.96. The third-order valence-corrected chi connectivity index (χ3v) is 4.52. The van der Waals surface area contributed by atoms with Gasteiger partial charge in [0, 0.05) is 89.4 Å². The molecule has 0 saturated heterocycles. The number of hydrogen-bond acceptors (Lipinski definition) is 7. The highest BCUT2D eigenvalue weighted by atomic mass is 16.5. The van der Waals surface area contributed by atoms with Gasteiger partial charge in [0.05, 0.1) is 6.10 Å². The molecule has 0 aromatic heterocycles. The predicted octanol–water partition coefficient (Wildman–Crippen LogP) is 9.49. The van der Waals surface area contributed by atoms with Crippen molar-refractivity contribution >= 4 is 0 Å². The van der Waals surface area contributed by atoms with Gasteiger partial charge < -0.3 is 33.2 Å². The third-order valence-electron chi connectivity index (χ3n) is 4.52. The molecule has 0 N–H and O–H groups in total. The van der Waals surface area contributed by atoms with Crippen LogP contribution in [0.2, 0.25) is 0 Å². The van der Waals surface area contributed by atoms with E-state index in [2.05, 4.69) is 46.3 Å². The van der Waals surface area contributed by atoms with E-state index >= 15 is 0 Å². The van der Waals surface area contributed by atoms with Crippen LogP contribution < -0.4 is 0 Å². The summed E-state index contributed by atoms with van der Waals surface area (Å²) in [6, 6.07) is 0. The van der Waals surface area contributed by atoms with Gasteiger partial charge in [-0.3, -0.25) is 0 Å². The number of ether oxygens (including phenoxy) is 7. The van der Waals surface area contributed by atoms with E-state index in [-0.39, 0.29) is 0 Å². The first kappa shape index (κ1) is 56.5. The highest BCUT2D eigenvalue weighted by Crippen LogP contribution is 1.97. The molecule has 0 radical (unpaired) electrons. The lowest BCUT2D eigenvalue weighted by Gasteiger charge is -1.97. The summed E-state index contributed by atoms with van der Waals surface area (Å²) in [6.07, 6.45) is 12.9. The number of unbranched alkanes of at least 4 members (excludes halogenated alkanes) is 6. The van der Waals surface area contributed by atoms with Gasteiger partial charge in [-0.1, -0.05) is 80.1 Å². The van der Waals surface area contributed by atoms with Gasteiger partial charge in [-0.15, -0.1) is 0 Å². The summed E-state index contributed by atoms with van der Waals surface area (Å²) in [6.45, 7) is 24.2. The maximum absolute atomic E-state index is 4.89. The Balaban J connectivity index is -0.0000000665. The summed E-state index contributed by atoms with van der Waals surface area (Å²) < 4.78 is 33.3. The molecule has 0 bridgehead atoms. The van der Waals surface area contributed by atoms with E-state index in [1.165, 1.54) is 57.8 Å². The van der Waals surface area contributed by atoms with Crippen molar-refractivity contribution in [1.82, 2.24) is 0 Å². The molecular weight excluding hydrogens is 520 g/mol. The van der Waals surface area contributed by atoms with Gasteiger partial charge in [0.15, 0.2) is 0 Å². The number of rotatable bonds is 18. The minimum absolute atomic E-state index is 0.384. The second kappa shape index (κ2) is 72.2. The molecular formula is C34H82O7. The monoisotopic (exact) mass is 603 g/mol. The molecule has 0 fully saturated rings. The smallest absolute Gasteiger partial charge is 0.0515 e. The minimum atomic E-state index is 0.384. The molecule has 0 rings (SSSR count). The molecule has 7 heteroatoms. The fourth-order valence-corrected chi connectivity index (χ4v) is 2.00. The van der Waals surface area contributed by atoms with Crippen LogP contribution in [-0.2, 0) is 33.2 Å². The van der Waals surface area contributed by atoms with Crippen molar-refractivity contribution in [1.29, 1.82) is 0 Å². The van der Waals surface area contributed by atoms with Crippen LogP contribution in [0.4, 0.5) is 0 Å². The first-order valence-corrected chi connectivity index (χ1v) is 16.1. The van der Waals surface area contributed by atoms with Gasteiger partial charge >= 0.3 is 0 Å². The van der Waals surface area contributed by atoms with E-state index in [4.69, 9.17) is 28.4 Å². The third kappa shape index (κ3) is 145. The summed E-state index contributed by atoms with van der Waals surface area (Å²) in [5.74, 6) is 0.676. The van der Waals surface area contributed by atoms with Crippen LogP contribution in [0.3, 0.4) is 0 Å². The highest BCUT2D eigenvalue weighted by molar-refractivity contribution is 4.37. The largest absolute Gasteiger partial charge is 0.385 e. The summed E-state index contributed by atoms with van der Waals surface area (Å²) in [5, 5.41) is 0. The number of hydrogen-bond donors (Lipinski definition) is 0. The average molecular weight is 603 g/mol. The number of methoxy groups -OCH3 is 7. The molecule has 41 heavy (non-hydrogen) atoms. The van der Waals surface area contributed by atoms with E-state index in [9.17, 15) is 0 Å². The quantitative estimate of drug-likeness (QED) is 0.145. The highest BCUT2D eigenvalue weighted by Gasteiger charge is 1.86. The average Bonchev–Trinajstić information content (AvgIpc) is 2.96. The lowest BCUT2D eigenvalue weighted by atomic mass is 10.2. The molecule has 0 aliphatic carbocycles. The summed E-state index contributed by atoms with van der Waals surface area (Å²) >= 11 is 0. The van der Waals surface area contributed by atoms with Crippen LogP contribution in [0, 0.1) is 5.92 Å². The zero-order valence-electron chi connectivity index (χ0n) is 31.3. The molecule has 260 valence electrons. The molecule has 0 saturated carbocycles. The molecule has 7 nitrogen and oxygen atoms in total. The van der Waals surface area contributed by atoms with Gasteiger partial charge in [0.25, 0.3) is 0 Å². The summed E-state index contributed by atoms with van der Waals surface area (Å²) in [7, 11) is 12.0. The second-order valence-corrected chi connectivity index (χ2v) is 9.80. The van der Waals surface area contributed by atoms with Crippen LogP contribution in [0.25, 0.3) is 0 Å². The molecule has 0 amide bonds. The Bertz CT molecular complexity index is 287. The summed E-state index contributed by atoms with van der Waals surface area (Å²) in [5.41, 5.74) is 0. The van der Waals surface area contributed by atoms with Crippen LogP contribution >= 0.6 is 0 Å². The van der Waals surface area contributed by atoms with E-state index in [1.54, 1.807) is 49.8 Å². The Kier molecular flexibility index (Phi) is 99.5. The van der Waals surface area contributed by atoms with Gasteiger partial charge in [0.2, 0.25) is 0 Å². The van der Waals surface area contributed by atoms with Crippen LogP contribution in [0.15, 0.2) is 0 Å². The molecule has 0 aromatic carbocycles. The molecule has 0 aliphatic heterocycles. The van der Waals surface area contributed by atoms with Crippen LogP contribution in [-0.4, -0.2) is 95.5 Å². The zero-order valence-corrected chi connectivity index (χ0v) is 31.3. The molecule has 0 heterocycles. The van der Waals surface area contributed by atoms with Crippen molar-refractivity contribution < 1.29 is 33.2 Å². The predicted molar refractivity (Wildman–Crippen MR) is 183 cm³/mol. The maximum Gasteiger partial charge on any atom is 0.0515 e. The normalized spacial score (nSPS) is 9.22. The van der Waals surface area contributed by atoms with Gasteiger partial charge in [-0.05, 0) is 52.4 Å².